The summed E-state index contributed by atoms with van der Waals surface area (Å²) in [4.78, 5) is 40.3. The zero-order valence-corrected chi connectivity index (χ0v) is 13.5. The molecule has 6 nitrogen and oxygen atoms in total. The molecular weight excluding hydrogens is 294 g/mol. The fraction of sp³-hybridized carbons (Fsp3) is 0.588. The molecule has 3 heterocycles. The van der Waals surface area contributed by atoms with Crippen LogP contribution in [-0.2, 0) is 11.8 Å². The van der Waals surface area contributed by atoms with Crippen LogP contribution in [0.25, 0.3) is 0 Å². The molecule has 6 heteroatoms. The summed E-state index contributed by atoms with van der Waals surface area (Å²) in [7, 11) is 1.63. The highest BCUT2D eigenvalue weighted by molar-refractivity contribution is 5.94. The third-order valence-corrected chi connectivity index (χ3v) is 4.81. The van der Waals surface area contributed by atoms with E-state index in [1.165, 1.54) is 10.6 Å². The number of hydrogen-bond acceptors (Lipinski definition) is 3. The summed E-state index contributed by atoms with van der Waals surface area (Å²) >= 11 is 0. The number of aryl methyl sites for hydroxylation is 1. The van der Waals surface area contributed by atoms with Crippen LogP contribution < -0.4 is 5.56 Å². The molecule has 0 bridgehead atoms. The molecule has 0 saturated carbocycles. The number of hydrogen-bond donors (Lipinski definition) is 0. The number of nitrogens with zero attached hydrogens (tertiary/aromatic N) is 3. The molecule has 0 N–H and O–H groups in total. The van der Waals surface area contributed by atoms with Crippen molar-refractivity contribution in [2.75, 3.05) is 26.2 Å². The van der Waals surface area contributed by atoms with E-state index in [9.17, 15) is 14.4 Å². The van der Waals surface area contributed by atoms with Crippen LogP contribution in [0.4, 0.5) is 0 Å². The normalized spacial score (nSPS) is 21.5. The van der Waals surface area contributed by atoms with Gasteiger partial charge >= 0.3 is 0 Å². The van der Waals surface area contributed by atoms with E-state index in [0.29, 0.717) is 18.7 Å². The molecule has 1 unspecified atom stereocenters. The Hall–Kier alpha value is -2.11. The van der Waals surface area contributed by atoms with Crippen molar-refractivity contribution < 1.29 is 9.59 Å². The maximum absolute atomic E-state index is 12.6. The van der Waals surface area contributed by atoms with Crippen molar-refractivity contribution in [3.8, 4) is 0 Å². The van der Waals surface area contributed by atoms with Gasteiger partial charge in [-0.25, -0.2) is 0 Å². The van der Waals surface area contributed by atoms with Gasteiger partial charge in [-0.3, -0.25) is 14.4 Å². The third-order valence-electron chi connectivity index (χ3n) is 4.81. The molecule has 2 aliphatic rings. The highest BCUT2D eigenvalue weighted by Crippen LogP contribution is 2.22. The molecule has 3 rings (SSSR count). The number of rotatable bonds is 2. The minimum Gasteiger partial charge on any atom is -0.342 e. The average molecular weight is 317 g/mol. The Labute approximate surface area is 135 Å². The average Bonchev–Trinajstić information content (AvgIpc) is 3.10. The fourth-order valence-electron chi connectivity index (χ4n) is 3.46. The van der Waals surface area contributed by atoms with Gasteiger partial charge in [0.25, 0.3) is 5.91 Å². The van der Waals surface area contributed by atoms with Gasteiger partial charge < -0.3 is 14.4 Å². The number of piperidine rings is 1. The molecule has 2 amide bonds. The quantitative estimate of drug-likeness (QED) is 0.813. The summed E-state index contributed by atoms with van der Waals surface area (Å²) in [5.74, 6) is 0.0123. The number of likely N-dealkylation sites (tertiary alicyclic amines) is 2. The zero-order valence-electron chi connectivity index (χ0n) is 13.5. The lowest BCUT2D eigenvalue weighted by molar-refractivity contribution is -0.135. The Morgan fingerprint density at radius 1 is 1.04 bits per heavy atom. The zero-order chi connectivity index (χ0) is 16.4. The Bertz CT molecular complexity index is 661. The van der Waals surface area contributed by atoms with Gasteiger partial charge in [0, 0.05) is 45.5 Å². The van der Waals surface area contributed by atoms with Crippen LogP contribution >= 0.6 is 0 Å². The summed E-state index contributed by atoms with van der Waals surface area (Å²) in [6.07, 6.45) is 5.43. The van der Waals surface area contributed by atoms with Crippen LogP contribution in [0.1, 0.15) is 36.0 Å². The van der Waals surface area contributed by atoms with Crippen molar-refractivity contribution in [1.29, 1.82) is 0 Å². The molecule has 2 saturated heterocycles. The predicted octanol–water partition coefficient (Wildman–Crippen LogP) is 0.860. The van der Waals surface area contributed by atoms with Gasteiger partial charge in [0.05, 0.1) is 11.5 Å². The molecule has 1 aromatic heterocycles. The molecule has 0 radical (unpaired) electrons. The number of amides is 2. The van der Waals surface area contributed by atoms with Crippen LogP contribution in [-0.4, -0.2) is 52.4 Å². The molecule has 23 heavy (non-hydrogen) atoms. The molecule has 1 atom stereocenters. The number of aromatic nitrogens is 1. The van der Waals surface area contributed by atoms with Crippen LogP contribution in [0.2, 0.25) is 0 Å². The molecular formula is C17H23N3O3. The van der Waals surface area contributed by atoms with Crippen molar-refractivity contribution >= 4 is 11.8 Å². The number of carbonyl (C=O) groups is 2. The second-order valence-corrected chi connectivity index (χ2v) is 6.49. The van der Waals surface area contributed by atoms with Gasteiger partial charge in [0.15, 0.2) is 0 Å². The van der Waals surface area contributed by atoms with E-state index < -0.39 is 0 Å². The standard InChI is InChI=1S/C17H23N3O3/c1-18-11-14(6-7-15(18)21)17(23)20-10-4-5-13(12-20)16(22)19-8-2-3-9-19/h6-7,11,13H,2-5,8-10,12H2,1H3. The fourth-order valence-corrected chi connectivity index (χ4v) is 3.46. The Kier molecular flexibility index (Phi) is 4.50. The monoisotopic (exact) mass is 317 g/mol. The van der Waals surface area contributed by atoms with E-state index in [4.69, 9.17) is 0 Å². The second kappa shape index (κ2) is 6.56. The lowest BCUT2D eigenvalue weighted by Gasteiger charge is -2.34. The highest BCUT2D eigenvalue weighted by atomic mass is 16.2. The van der Waals surface area contributed by atoms with Gasteiger partial charge in [0.2, 0.25) is 11.5 Å². The largest absolute Gasteiger partial charge is 0.342 e. The summed E-state index contributed by atoms with van der Waals surface area (Å²) in [6.45, 7) is 2.86. The maximum atomic E-state index is 12.6. The Morgan fingerprint density at radius 3 is 2.43 bits per heavy atom. The van der Waals surface area contributed by atoms with E-state index in [-0.39, 0.29) is 23.3 Å². The molecule has 1 aromatic rings. The van der Waals surface area contributed by atoms with Gasteiger partial charge in [-0.1, -0.05) is 0 Å². The minimum absolute atomic E-state index is 0.0849. The lowest BCUT2D eigenvalue weighted by atomic mass is 9.96. The topological polar surface area (TPSA) is 62.6 Å². The minimum atomic E-state index is -0.137. The van der Waals surface area contributed by atoms with E-state index >= 15 is 0 Å². The molecule has 0 aromatic carbocycles. The lowest BCUT2D eigenvalue weighted by Crippen LogP contribution is -2.46. The maximum Gasteiger partial charge on any atom is 0.255 e. The SMILES string of the molecule is Cn1cc(C(=O)N2CCCC(C(=O)N3CCCC3)C2)ccc1=O. The van der Waals surface area contributed by atoms with Crippen molar-refractivity contribution in [3.63, 3.8) is 0 Å². The smallest absolute Gasteiger partial charge is 0.255 e. The second-order valence-electron chi connectivity index (χ2n) is 6.49. The Morgan fingerprint density at radius 2 is 1.74 bits per heavy atom. The van der Waals surface area contributed by atoms with Gasteiger partial charge in [0.1, 0.15) is 0 Å². The van der Waals surface area contributed by atoms with E-state index in [1.54, 1.807) is 24.2 Å². The first-order chi connectivity index (χ1) is 11.1. The first kappa shape index (κ1) is 15.8. The van der Waals surface area contributed by atoms with Crippen LogP contribution in [0.15, 0.2) is 23.1 Å². The molecule has 2 fully saturated rings. The highest BCUT2D eigenvalue weighted by Gasteiger charge is 2.32. The van der Waals surface area contributed by atoms with E-state index in [2.05, 4.69) is 0 Å². The van der Waals surface area contributed by atoms with Crippen molar-refractivity contribution in [2.45, 2.75) is 25.7 Å². The molecule has 0 aliphatic carbocycles. The summed E-state index contributed by atoms with van der Waals surface area (Å²) < 4.78 is 1.41. The molecule has 0 spiro atoms. The molecule has 124 valence electrons. The van der Waals surface area contributed by atoms with Crippen LogP contribution in [0, 0.1) is 5.92 Å². The van der Waals surface area contributed by atoms with E-state index in [1.807, 2.05) is 4.90 Å². The predicted molar refractivity (Wildman–Crippen MR) is 86.1 cm³/mol. The van der Waals surface area contributed by atoms with Crippen molar-refractivity contribution in [3.05, 3.63) is 34.2 Å². The third kappa shape index (κ3) is 3.30. The summed E-state index contributed by atoms with van der Waals surface area (Å²) in [6, 6.07) is 2.97. The Balaban J connectivity index is 1.69. The van der Waals surface area contributed by atoms with Gasteiger partial charge in [-0.05, 0) is 31.7 Å². The van der Waals surface area contributed by atoms with E-state index in [0.717, 1.165) is 38.8 Å². The number of carbonyl (C=O) groups excluding carboxylic acids is 2. The summed E-state index contributed by atoms with van der Waals surface area (Å²) in [5.41, 5.74) is 0.364. The molecule has 2 aliphatic heterocycles. The first-order valence-corrected chi connectivity index (χ1v) is 8.31. The van der Waals surface area contributed by atoms with Crippen LogP contribution in [0.3, 0.4) is 0 Å². The first-order valence-electron chi connectivity index (χ1n) is 8.31. The van der Waals surface area contributed by atoms with Crippen molar-refractivity contribution in [1.82, 2.24) is 14.4 Å². The number of pyridine rings is 1. The van der Waals surface area contributed by atoms with Crippen LogP contribution in [0.5, 0.6) is 0 Å². The van der Waals surface area contributed by atoms with Crippen molar-refractivity contribution in [2.24, 2.45) is 13.0 Å². The summed E-state index contributed by atoms with van der Waals surface area (Å²) in [5, 5.41) is 0. The van der Waals surface area contributed by atoms with Gasteiger partial charge in [-0.2, -0.15) is 0 Å². The van der Waals surface area contributed by atoms with Gasteiger partial charge in [-0.15, -0.1) is 0 Å².